The Kier molecular flexibility index (Phi) is 3.75. The highest BCUT2D eigenvalue weighted by molar-refractivity contribution is 5.78. The number of rotatable bonds is 3. The minimum Gasteiger partial charge on any atom is -0.327 e. The van der Waals surface area contributed by atoms with Gasteiger partial charge in [0.2, 0.25) is 0 Å². The van der Waals surface area contributed by atoms with Gasteiger partial charge in [-0.1, -0.05) is 50.5 Å². The number of benzene rings is 1. The standard InChI is InChI=1S/C18H24N2/c1-18(11-5-2-6-12-18)17(19)13-15-10-9-14-7-3-4-8-16(14)20-15/h3-4,7-10,17H,2,5-6,11-13,19H2,1H3. The van der Waals surface area contributed by atoms with Gasteiger partial charge in [-0.05, 0) is 30.4 Å². The Morgan fingerprint density at radius 3 is 2.65 bits per heavy atom. The van der Waals surface area contributed by atoms with Gasteiger partial charge in [0.1, 0.15) is 0 Å². The molecular weight excluding hydrogens is 244 g/mol. The molecule has 2 heteroatoms. The normalized spacial score (nSPS) is 19.9. The molecule has 1 unspecified atom stereocenters. The first kappa shape index (κ1) is 13.6. The summed E-state index contributed by atoms with van der Waals surface area (Å²) < 4.78 is 0. The van der Waals surface area contributed by atoms with Gasteiger partial charge in [-0.2, -0.15) is 0 Å². The molecule has 0 spiro atoms. The fraction of sp³-hybridized carbons (Fsp3) is 0.500. The molecule has 1 aliphatic rings. The van der Waals surface area contributed by atoms with Crippen molar-refractivity contribution in [2.45, 2.75) is 51.5 Å². The van der Waals surface area contributed by atoms with Crippen LogP contribution in [-0.2, 0) is 6.42 Å². The van der Waals surface area contributed by atoms with E-state index in [1.54, 1.807) is 0 Å². The summed E-state index contributed by atoms with van der Waals surface area (Å²) in [5.41, 5.74) is 9.02. The maximum Gasteiger partial charge on any atom is 0.0705 e. The molecule has 0 aliphatic heterocycles. The molecule has 2 nitrogen and oxygen atoms in total. The summed E-state index contributed by atoms with van der Waals surface area (Å²) in [7, 11) is 0. The second-order valence-electron chi connectivity index (χ2n) is 6.52. The molecule has 1 aliphatic carbocycles. The van der Waals surface area contributed by atoms with E-state index in [-0.39, 0.29) is 6.04 Å². The van der Waals surface area contributed by atoms with Crippen LogP contribution in [0.4, 0.5) is 0 Å². The molecule has 1 saturated carbocycles. The zero-order valence-corrected chi connectivity index (χ0v) is 12.3. The van der Waals surface area contributed by atoms with Crippen LogP contribution >= 0.6 is 0 Å². The van der Waals surface area contributed by atoms with Gasteiger partial charge in [0.05, 0.1) is 5.52 Å². The van der Waals surface area contributed by atoms with Crippen molar-refractivity contribution in [3.05, 3.63) is 42.1 Å². The van der Waals surface area contributed by atoms with Crippen LogP contribution in [0.25, 0.3) is 10.9 Å². The zero-order valence-electron chi connectivity index (χ0n) is 12.3. The van der Waals surface area contributed by atoms with Gasteiger partial charge >= 0.3 is 0 Å². The van der Waals surface area contributed by atoms with Gasteiger partial charge in [0.15, 0.2) is 0 Å². The molecule has 1 fully saturated rings. The Morgan fingerprint density at radius 2 is 1.85 bits per heavy atom. The molecule has 1 atom stereocenters. The van der Waals surface area contributed by atoms with Gasteiger partial charge in [0, 0.05) is 23.5 Å². The van der Waals surface area contributed by atoms with Crippen molar-refractivity contribution in [2.24, 2.45) is 11.1 Å². The number of fused-ring (bicyclic) bond motifs is 1. The number of hydrogen-bond donors (Lipinski definition) is 1. The van der Waals surface area contributed by atoms with Crippen molar-refractivity contribution in [1.29, 1.82) is 0 Å². The zero-order chi connectivity index (χ0) is 14.0. The highest BCUT2D eigenvalue weighted by Crippen LogP contribution is 2.38. The predicted octanol–water partition coefficient (Wildman–Crippen LogP) is 4.08. The van der Waals surface area contributed by atoms with Gasteiger partial charge < -0.3 is 5.73 Å². The Balaban J connectivity index is 1.78. The fourth-order valence-electron chi connectivity index (χ4n) is 3.42. The summed E-state index contributed by atoms with van der Waals surface area (Å²) in [5.74, 6) is 0. The summed E-state index contributed by atoms with van der Waals surface area (Å²) in [6, 6.07) is 12.8. The Morgan fingerprint density at radius 1 is 1.10 bits per heavy atom. The van der Waals surface area contributed by atoms with Crippen molar-refractivity contribution in [3.63, 3.8) is 0 Å². The van der Waals surface area contributed by atoms with E-state index in [1.165, 1.54) is 37.5 Å². The predicted molar refractivity (Wildman–Crippen MR) is 84.6 cm³/mol. The molecule has 0 amide bonds. The van der Waals surface area contributed by atoms with Crippen LogP contribution in [0.5, 0.6) is 0 Å². The molecule has 1 aromatic heterocycles. The molecule has 1 aromatic carbocycles. The van der Waals surface area contributed by atoms with Crippen LogP contribution in [0.1, 0.15) is 44.7 Å². The van der Waals surface area contributed by atoms with Gasteiger partial charge in [0.25, 0.3) is 0 Å². The van der Waals surface area contributed by atoms with E-state index in [0.717, 1.165) is 17.6 Å². The average molecular weight is 268 g/mol. The molecule has 20 heavy (non-hydrogen) atoms. The first-order valence-corrected chi connectivity index (χ1v) is 7.78. The number of nitrogens with zero attached hydrogens (tertiary/aromatic N) is 1. The Hall–Kier alpha value is -1.41. The lowest BCUT2D eigenvalue weighted by molar-refractivity contribution is 0.168. The molecule has 0 radical (unpaired) electrons. The van der Waals surface area contributed by atoms with E-state index in [2.05, 4.69) is 37.3 Å². The van der Waals surface area contributed by atoms with E-state index in [4.69, 9.17) is 10.7 Å². The van der Waals surface area contributed by atoms with E-state index in [1.807, 2.05) is 6.07 Å². The Labute approximate surface area is 121 Å². The van der Waals surface area contributed by atoms with Crippen molar-refractivity contribution in [1.82, 2.24) is 4.98 Å². The quantitative estimate of drug-likeness (QED) is 0.911. The maximum atomic E-state index is 6.52. The number of hydrogen-bond acceptors (Lipinski definition) is 2. The lowest BCUT2D eigenvalue weighted by Crippen LogP contribution is -2.42. The molecular formula is C18H24N2. The van der Waals surface area contributed by atoms with Crippen LogP contribution in [0, 0.1) is 5.41 Å². The van der Waals surface area contributed by atoms with Gasteiger partial charge in [-0.25, -0.2) is 0 Å². The summed E-state index contributed by atoms with van der Waals surface area (Å²) >= 11 is 0. The van der Waals surface area contributed by atoms with E-state index >= 15 is 0 Å². The highest BCUT2D eigenvalue weighted by atomic mass is 14.7. The molecule has 0 bridgehead atoms. The maximum absolute atomic E-state index is 6.52. The smallest absolute Gasteiger partial charge is 0.0705 e. The fourth-order valence-corrected chi connectivity index (χ4v) is 3.42. The second-order valence-corrected chi connectivity index (χ2v) is 6.52. The number of pyridine rings is 1. The number of para-hydroxylation sites is 1. The molecule has 2 N–H and O–H groups in total. The second kappa shape index (κ2) is 5.53. The van der Waals surface area contributed by atoms with Gasteiger partial charge in [-0.3, -0.25) is 4.98 Å². The first-order valence-electron chi connectivity index (χ1n) is 7.78. The lowest BCUT2D eigenvalue weighted by atomic mass is 9.69. The van der Waals surface area contributed by atoms with Crippen LogP contribution in [-0.4, -0.2) is 11.0 Å². The molecule has 0 saturated heterocycles. The molecule has 3 rings (SSSR count). The SMILES string of the molecule is CC1(C(N)Cc2ccc3ccccc3n2)CCCCC1. The van der Waals surface area contributed by atoms with Crippen LogP contribution < -0.4 is 5.73 Å². The van der Waals surface area contributed by atoms with Crippen molar-refractivity contribution < 1.29 is 0 Å². The van der Waals surface area contributed by atoms with E-state index in [0.29, 0.717) is 5.41 Å². The van der Waals surface area contributed by atoms with E-state index in [9.17, 15) is 0 Å². The summed E-state index contributed by atoms with van der Waals surface area (Å²) in [5, 5.41) is 1.20. The number of nitrogens with two attached hydrogens (primary N) is 1. The third-order valence-corrected chi connectivity index (χ3v) is 4.98. The monoisotopic (exact) mass is 268 g/mol. The first-order chi connectivity index (χ1) is 9.67. The van der Waals surface area contributed by atoms with Crippen molar-refractivity contribution in [3.8, 4) is 0 Å². The Bertz CT molecular complexity index is 585. The highest BCUT2D eigenvalue weighted by Gasteiger charge is 2.33. The summed E-state index contributed by atoms with van der Waals surface area (Å²) in [6.07, 6.45) is 7.45. The number of aromatic nitrogens is 1. The largest absolute Gasteiger partial charge is 0.327 e. The van der Waals surface area contributed by atoms with Crippen LogP contribution in [0.3, 0.4) is 0 Å². The van der Waals surface area contributed by atoms with Gasteiger partial charge in [-0.15, -0.1) is 0 Å². The van der Waals surface area contributed by atoms with Crippen LogP contribution in [0.15, 0.2) is 36.4 Å². The van der Waals surface area contributed by atoms with Crippen molar-refractivity contribution >= 4 is 10.9 Å². The summed E-state index contributed by atoms with van der Waals surface area (Å²) in [4.78, 5) is 4.76. The van der Waals surface area contributed by atoms with Crippen molar-refractivity contribution in [2.75, 3.05) is 0 Å². The molecule has 1 heterocycles. The molecule has 2 aromatic rings. The third-order valence-electron chi connectivity index (χ3n) is 4.98. The minimum absolute atomic E-state index is 0.219. The average Bonchev–Trinajstić information content (AvgIpc) is 2.48. The van der Waals surface area contributed by atoms with Crippen LogP contribution in [0.2, 0.25) is 0 Å². The summed E-state index contributed by atoms with van der Waals surface area (Å²) in [6.45, 7) is 2.36. The third kappa shape index (κ3) is 2.71. The topological polar surface area (TPSA) is 38.9 Å². The van der Waals surface area contributed by atoms with E-state index < -0.39 is 0 Å². The lowest BCUT2D eigenvalue weighted by Gasteiger charge is -2.38. The molecule has 106 valence electrons. The minimum atomic E-state index is 0.219.